The molecule has 0 aliphatic heterocycles. The third kappa shape index (κ3) is 3.54. The lowest BCUT2D eigenvalue weighted by molar-refractivity contribution is 1.18. The normalized spacial score (nSPS) is 11.8. The van der Waals surface area contributed by atoms with E-state index < -0.39 is 0 Å². The van der Waals surface area contributed by atoms with E-state index in [1.54, 1.807) is 0 Å². The molecular formula is C24H22ClN3. The van der Waals surface area contributed by atoms with Crippen LogP contribution in [0.2, 0.25) is 5.02 Å². The molecule has 0 radical (unpaired) electrons. The van der Waals surface area contributed by atoms with Crippen LogP contribution in [-0.4, -0.2) is 9.38 Å². The first-order valence-corrected chi connectivity index (χ1v) is 9.65. The largest absolute Gasteiger partial charge is 0.339 e. The lowest BCUT2D eigenvalue weighted by atomic mass is 10.1. The minimum absolute atomic E-state index is 0.672. The Morgan fingerprint density at radius 3 is 2.39 bits per heavy atom. The highest BCUT2D eigenvalue weighted by Crippen LogP contribution is 2.32. The summed E-state index contributed by atoms with van der Waals surface area (Å²) in [7, 11) is 0. The van der Waals surface area contributed by atoms with Gasteiger partial charge in [-0.15, -0.1) is 0 Å². The van der Waals surface area contributed by atoms with Crippen molar-refractivity contribution in [3.8, 4) is 0 Å². The van der Waals surface area contributed by atoms with E-state index in [4.69, 9.17) is 16.6 Å². The van der Waals surface area contributed by atoms with E-state index in [1.165, 1.54) is 11.1 Å². The predicted molar refractivity (Wildman–Crippen MR) is 119 cm³/mol. The van der Waals surface area contributed by atoms with Crippen LogP contribution in [0, 0.1) is 13.8 Å². The Morgan fingerprint density at radius 1 is 0.964 bits per heavy atom. The fourth-order valence-electron chi connectivity index (χ4n) is 3.41. The zero-order chi connectivity index (χ0) is 19.7. The van der Waals surface area contributed by atoms with Gasteiger partial charge in [0.15, 0.2) is 0 Å². The van der Waals surface area contributed by atoms with E-state index in [2.05, 4.69) is 62.5 Å². The van der Waals surface area contributed by atoms with E-state index in [0.717, 1.165) is 34.0 Å². The number of pyridine rings is 1. The second-order valence-corrected chi connectivity index (χ2v) is 7.45. The Hall–Kier alpha value is -3.04. The number of fused-ring (bicyclic) bond motifs is 1. The van der Waals surface area contributed by atoms with Crippen LogP contribution in [0.25, 0.3) is 17.3 Å². The average molecular weight is 388 g/mol. The Balaban J connectivity index is 1.89. The van der Waals surface area contributed by atoms with Gasteiger partial charge in [0.05, 0.1) is 5.02 Å². The molecule has 2 aromatic heterocycles. The first-order valence-electron chi connectivity index (χ1n) is 9.27. The molecule has 1 N–H and O–H groups in total. The molecule has 0 saturated carbocycles. The lowest BCUT2D eigenvalue weighted by Crippen LogP contribution is -2.01. The molecule has 2 heterocycles. The Morgan fingerprint density at radius 2 is 1.68 bits per heavy atom. The van der Waals surface area contributed by atoms with Crippen LogP contribution in [0.4, 0.5) is 11.5 Å². The van der Waals surface area contributed by atoms with Crippen molar-refractivity contribution < 1.29 is 0 Å². The first-order chi connectivity index (χ1) is 13.5. The molecule has 0 aliphatic carbocycles. The van der Waals surface area contributed by atoms with Gasteiger partial charge in [0.2, 0.25) is 0 Å². The second-order valence-electron chi connectivity index (χ2n) is 7.01. The molecule has 0 saturated heterocycles. The molecular weight excluding hydrogens is 366 g/mol. The zero-order valence-electron chi connectivity index (χ0n) is 16.2. The minimum Gasteiger partial charge on any atom is -0.339 e. The van der Waals surface area contributed by atoms with Gasteiger partial charge in [0.1, 0.15) is 17.2 Å². The maximum Gasteiger partial charge on any atom is 0.143 e. The first kappa shape index (κ1) is 18.3. The fraction of sp³-hybridized carbons (Fsp3) is 0.125. The number of nitrogens with zero attached hydrogens (tertiary/aromatic N) is 2. The highest BCUT2D eigenvalue weighted by atomic mass is 35.5. The van der Waals surface area contributed by atoms with E-state index in [-0.39, 0.29) is 0 Å². The number of anilines is 2. The van der Waals surface area contributed by atoms with Gasteiger partial charge in [-0.2, -0.15) is 0 Å². The third-order valence-corrected chi connectivity index (χ3v) is 5.09. The predicted octanol–water partition coefficient (Wildman–Crippen LogP) is 6.91. The smallest absolute Gasteiger partial charge is 0.143 e. The van der Waals surface area contributed by atoms with Crippen molar-refractivity contribution in [3.05, 3.63) is 94.3 Å². The molecule has 28 heavy (non-hydrogen) atoms. The quantitative estimate of drug-likeness (QED) is 0.412. The summed E-state index contributed by atoms with van der Waals surface area (Å²) in [5.41, 5.74) is 7.47. The van der Waals surface area contributed by atoms with E-state index >= 15 is 0 Å². The van der Waals surface area contributed by atoms with Crippen molar-refractivity contribution >= 4 is 40.4 Å². The summed E-state index contributed by atoms with van der Waals surface area (Å²) in [4.78, 5) is 4.88. The van der Waals surface area contributed by atoms with Crippen molar-refractivity contribution in [2.24, 2.45) is 0 Å². The van der Waals surface area contributed by atoms with Crippen molar-refractivity contribution in [1.29, 1.82) is 0 Å². The number of aromatic nitrogens is 2. The van der Waals surface area contributed by atoms with Crippen LogP contribution in [0.1, 0.15) is 29.3 Å². The number of halogens is 1. The maximum atomic E-state index is 6.28. The molecule has 0 bridgehead atoms. The molecule has 4 rings (SSSR count). The van der Waals surface area contributed by atoms with E-state index in [1.807, 2.05) is 40.9 Å². The van der Waals surface area contributed by atoms with Gasteiger partial charge in [-0.05, 0) is 61.2 Å². The molecule has 140 valence electrons. The molecule has 2 aromatic carbocycles. The maximum absolute atomic E-state index is 6.28. The summed E-state index contributed by atoms with van der Waals surface area (Å²) in [5.74, 6) is 0.916. The summed E-state index contributed by atoms with van der Waals surface area (Å²) in [5, 5.41) is 4.30. The highest BCUT2D eigenvalue weighted by molar-refractivity contribution is 6.30. The minimum atomic E-state index is 0.672. The standard InChI is InChI=1S/C24H22ClN3/c1-16-8-7-9-17(2)22(16)27-24-23(18(3)14-19-10-5-4-6-11-19)26-21-13-12-20(25)15-28(21)24/h4-15,27H,1-3H3. The van der Waals surface area contributed by atoms with Gasteiger partial charge in [0, 0.05) is 11.9 Å². The monoisotopic (exact) mass is 387 g/mol. The summed E-state index contributed by atoms with van der Waals surface area (Å²) < 4.78 is 2.02. The molecule has 0 fully saturated rings. The van der Waals surface area contributed by atoms with Gasteiger partial charge >= 0.3 is 0 Å². The van der Waals surface area contributed by atoms with E-state index in [9.17, 15) is 0 Å². The Kier molecular flexibility index (Phi) is 4.93. The van der Waals surface area contributed by atoms with Gasteiger partial charge in [-0.1, -0.05) is 60.1 Å². The topological polar surface area (TPSA) is 29.3 Å². The van der Waals surface area contributed by atoms with Gasteiger partial charge in [0.25, 0.3) is 0 Å². The SMILES string of the molecule is CC(=Cc1ccccc1)c1nc2ccc(Cl)cn2c1Nc1c(C)cccc1C. The van der Waals surface area contributed by atoms with Crippen molar-refractivity contribution in [1.82, 2.24) is 9.38 Å². The summed E-state index contributed by atoms with van der Waals surface area (Å²) in [6.45, 7) is 6.31. The number of hydrogen-bond donors (Lipinski definition) is 1. The number of aryl methyl sites for hydroxylation is 2. The van der Waals surface area contributed by atoms with Crippen LogP contribution in [0.15, 0.2) is 66.9 Å². The second kappa shape index (κ2) is 7.53. The molecule has 0 aliphatic rings. The molecule has 0 unspecified atom stereocenters. The number of benzene rings is 2. The highest BCUT2D eigenvalue weighted by Gasteiger charge is 2.16. The molecule has 4 aromatic rings. The zero-order valence-corrected chi connectivity index (χ0v) is 17.0. The number of rotatable bonds is 4. The van der Waals surface area contributed by atoms with Crippen LogP contribution in [0.5, 0.6) is 0 Å². The summed E-state index contributed by atoms with van der Waals surface area (Å²) in [6, 6.07) is 20.4. The average Bonchev–Trinajstić information content (AvgIpc) is 3.03. The summed E-state index contributed by atoms with van der Waals surface area (Å²) >= 11 is 6.28. The third-order valence-electron chi connectivity index (χ3n) is 4.86. The fourth-order valence-corrected chi connectivity index (χ4v) is 3.57. The number of nitrogens with one attached hydrogen (secondary N) is 1. The molecule has 0 amide bonds. The number of para-hydroxylation sites is 1. The summed E-state index contributed by atoms with van der Waals surface area (Å²) in [6.07, 6.45) is 4.05. The van der Waals surface area contributed by atoms with Crippen LogP contribution >= 0.6 is 11.6 Å². The Labute approximate surface area is 170 Å². The van der Waals surface area contributed by atoms with Crippen molar-refractivity contribution in [2.75, 3.05) is 5.32 Å². The van der Waals surface area contributed by atoms with Gasteiger partial charge < -0.3 is 5.32 Å². The number of imidazole rings is 1. The van der Waals surface area contributed by atoms with Gasteiger partial charge in [-0.3, -0.25) is 4.40 Å². The molecule has 0 atom stereocenters. The Bertz CT molecular complexity index is 1150. The molecule has 4 heteroatoms. The van der Waals surface area contributed by atoms with Crippen LogP contribution in [0.3, 0.4) is 0 Å². The van der Waals surface area contributed by atoms with E-state index in [0.29, 0.717) is 5.02 Å². The van der Waals surface area contributed by atoms with Crippen LogP contribution < -0.4 is 5.32 Å². The van der Waals surface area contributed by atoms with Crippen LogP contribution in [-0.2, 0) is 0 Å². The van der Waals surface area contributed by atoms with Gasteiger partial charge in [-0.25, -0.2) is 4.98 Å². The number of hydrogen-bond acceptors (Lipinski definition) is 2. The number of allylic oxidation sites excluding steroid dienone is 1. The lowest BCUT2D eigenvalue weighted by Gasteiger charge is -2.14. The molecule has 3 nitrogen and oxygen atoms in total. The van der Waals surface area contributed by atoms with Crippen molar-refractivity contribution in [2.45, 2.75) is 20.8 Å². The van der Waals surface area contributed by atoms with Crippen molar-refractivity contribution in [3.63, 3.8) is 0 Å². The molecule has 0 spiro atoms.